The van der Waals surface area contributed by atoms with Gasteiger partial charge >= 0.3 is 6.03 Å². The quantitative estimate of drug-likeness (QED) is 0.911. The molecule has 0 bridgehead atoms. The summed E-state index contributed by atoms with van der Waals surface area (Å²) >= 11 is 0. The van der Waals surface area contributed by atoms with E-state index in [0.717, 1.165) is 56.9 Å². The Morgan fingerprint density at radius 1 is 1.24 bits per heavy atom. The van der Waals surface area contributed by atoms with Crippen molar-refractivity contribution >= 4 is 11.7 Å². The molecule has 2 aliphatic heterocycles. The Bertz CT molecular complexity index is 719. The van der Waals surface area contributed by atoms with Crippen LogP contribution in [0.25, 0.3) is 5.69 Å². The van der Waals surface area contributed by atoms with Crippen LogP contribution in [0.5, 0.6) is 0 Å². The molecule has 7 heteroatoms. The molecule has 132 valence electrons. The van der Waals surface area contributed by atoms with E-state index in [-0.39, 0.29) is 11.4 Å². The fourth-order valence-electron chi connectivity index (χ4n) is 3.86. The van der Waals surface area contributed by atoms with E-state index in [4.69, 9.17) is 4.74 Å². The fraction of sp³-hybridized carbons (Fsp3) is 0.500. The highest BCUT2D eigenvalue weighted by molar-refractivity contribution is 5.89. The maximum absolute atomic E-state index is 12.7. The summed E-state index contributed by atoms with van der Waals surface area (Å²) in [4.78, 5) is 18.7. The molecular weight excluding hydrogens is 318 g/mol. The van der Waals surface area contributed by atoms with Crippen LogP contribution in [0.15, 0.2) is 36.9 Å². The number of benzene rings is 1. The van der Waals surface area contributed by atoms with Gasteiger partial charge in [-0.2, -0.15) is 5.10 Å². The zero-order valence-corrected chi connectivity index (χ0v) is 14.2. The molecule has 3 heterocycles. The van der Waals surface area contributed by atoms with Gasteiger partial charge in [-0.05, 0) is 49.3 Å². The topological polar surface area (TPSA) is 72.3 Å². The highest BCUT2D eigenvalue weighted by atomic mass is 16.5. The number of carbonyl (C=O) groups is 1. The molecule has 4 rings (SSSR count). The van der Waals surface area contributed by atoms with Crippen LogP contribution in [0.4, 0.5) is 10.5 Å². The van der Waals surface area contributed by atoms with Crippen molar-refractivity contribution in [3.8, 4) is 5.69 Å². The zero-order valence-electron chi connectivity index (χ0n) is 14.2. The number of nitrogens with one attached hydrogen (secondary N) is 1. The Hall–Kier alpha value is -2.41. The molecule has 0 radical (unpaired) electrons. The molecule has 0 saturated carbocycles. The van der Waals surface area contributed by atoms with Gasteiger partial charge in [-0.25, -0.2) is 14.5 Å². The lowest BCUT2D eigenvalue weighted by Gasteiger charge is -2.45. The molecular formula is C18H23N5O2. The SMILES string of the molecule is O=C(Nc1cccc(-n2cncn2)c1)N1CCCC2(CCOCC2)C1. The average molecular weight is 341 g/mol. The number of hydrogen-bond donors (Lipinski definition) is 1. The van der Waals surface area contributed by atoms with Gasteiger partial charge in [-0.1, -0.05) is 6.07 Å². The van der Waals surface area contributed by atoms with E-state index in [2.05, 4.69) is 15.4 Å². The summed E-state index contributed by atoms with van der Waals surface area (Å²) in [6.07, 6.45) is 7.50. The lowest BCUT2D eigenvalue weighted by atomic mass is 9.74. The average Bonchev–Trinajstić information content (AvgIpc) is 3.17. The van der Waals surface area contributed by atoms with Gasteiger partial charge in [0.2, 0.25) is 0 Å². The summed E-state index contributed by atoms with van der Waals surface area (Å²) < 4.78 is 7.18. The van der Waals surface area contributed by atoms with Crippen LogP contribution in [0.1, 0.15) is 25.7 Å². The Morgan fingerprint density at radius 3 is 2.92 bits per heavy atom. The summed E-state index contributed by atoms with van der Waals surface area (Å²) in [7, 11) is 0. The van der Waals surface area contributed by atoms with Crippen LogP contribution in [0, 0.1) is 5.41 Å². The molecule has 1 aromatic heterocycles. The van der Waals surface area contributed by atoms with Crippen molar-refractivity contribution in [1.82, 2.24) is 19.7 Å². The minimum absolute atomic E-state index is 0.0266. The van der Waals surface area contributed by atoms with E-state index in [1.807, 2.05) is 29.2 Å². The van der Waals surface area contributed by atoms with E-state index >= 15 is 0 Å². The van der Waals surface area contributed by atoms with Crippen molar-refractivity contribution in [2.75, 3.05) is 31.6 Å². The first-order valence-corrected chi connectivity index (χ1v) is 8.83. The Morgan fingerprint density at radius 2 is 2.12 bits per heavy atom. The van der Waals surface area contributed by atoms with Crippen LogP contribution < -0.4 is 5.32 Å². The van der Waals surface area contributed by atoms with E-state index in [1.165, 1.54) is 12.7 Å². The number of nitrogens with zero attached hydrogens (tertiary/aromatic N) is 4. The van der Waals surface area contributed by atoms with Gasteiger partial charge in [0.1, 0.15) is 12.7 Å². The number of anilines is 1. The van der Waals surface area contributed by atoms with Crippen molar-refractivity contribution in [2.45, 2.75) is 25.7 Å². The smallest absolute Gasteiger partial charge is 0.321 e. The molecule has 7 nitrogen and oxygen atoms in total. The minimum Gasteiger partial charge on any atom is -0.381 e. The number of piperidine rings is 1. The number of carbonyl (C=O) groups excluding carboxylic acids is 1. The third kappa shape index (κ3) is 3.51. The number of amides is 2. The Labute approximate surface area is 147 Å². The van der Waals surface area contributed by atoms with Crippen molar-refractivity contribution < 1.29 is 9.53 Å². The van der Waals surface area contributed by atoms with Gasteiger partial charge in [-0.15, -0.1) is 0 Å². The summed E-state index contributed by atoms with van der Waals surface area (Å²) in [5.41, 5.74) is 1.88. The molecule has 2 aromatic rings. The molecule has 0 atom stereocenters. The summed E-state index contributed by atoms with van der Waals surface area (Å²) in [5, 5.41) is 7.15. The first-order valence-electron chi connectivity index (χ1n) is 8.83. The molecule has 2 aliphatic rings. The van der Waals surface area contributed by atoms with Crippen molar-refractivity contribution in [2.24, 2.45) is 5.41 Å². The van der Waals surface area contributed by atoms with Crippen LogP contribution in [-0.2, 0) is 4.74 Å². The molecule has 25 heavy (non-hydrogen) atoms. The standard InChI is InChI=1S/C18H23N5O2/c24-17(22-8-2-5-18(12-22)6-9-25-10-7-18)21-15-3-1-4-16(11-15)23-14-19-13-20-23/h1,3-4,11,13-14H,2,5-10,12H2,(H,21,24). The van der Waals surface area contributed by atoms with Crippen LogP contribution in [0.3, 0.4) is 0 Å². The highest BCUT2D eigenvalue weighted by Crippen LogP contribution is 2.39. The Balaban J connectivity index is 1.44. The second kappa shape index (κ2) is 6.84. The second-order valence-corrected chi connectivity index (χ2v) is 6.96. The molecule has 0 unspecified atom stereocenters. The first kappa shape index (κ1) is 16.1. The predicted octanol–water partition coefficient (Wildman–Crippen LogP) is 2.69. The molecule has 1 spiro atoms. The lowest BCUT2D eigenvalue weighted by Crippen LogP contribution is -2.49. The van der Waals surface area contributed by atoms with Gasteiger partial charge in [-0.3, -0.25) is 0 Å². The molecule has 1 N–H and O–H groups in total. The maximum atomic E-state index is 12.7. The molecule has 2 fully saturated rings. The highest BCUT2D eigenvalue weighted by Gasteiger charge is 2.38. The Kier molecular flexibility index (Phi) is 4.40. The van der Waals surface area contributed by atoms with Gasteiger partial charge in [0.15, 0.2) is 0 Å². The summed E-state index contributed by atoms with van der Waals surface area (Å²) in [6, 6.07) is 7.61. The maximum Gasteiger partial charge on any atom is 0.321 e. The molecule has 2 saturated heterocycles. The first-order chi connectivity index (χ1) is 12.2. The third-order valence-electron chi connectivity index (χ3n) is 5.28. The number of likely N-dealkylation sites (tertiary alicyclic amines) is 1. The predicted molar refractivity (Wildman–Crippen MR) is 93.7 cm³/mol. The van der Waals surface area contributed by atoms with Gasteiger partial charge in [0.05, 0.1) is 5.69 Å². The number of urea groups is 1. The lowest BCUT2D eigenvalue weighted by molar-refractivity contribution is -0.0175. The van der Waals surface area contributed by atoms with E-state index in [9.17, 15) is 4.79 Å². The second-order valence-electron chi connectivity index (χ2n) is 6.96. The number of rotatable bonds is 2. The summed E-state index contributed by atoms with van der Waals surface area (Å²) in [6.45, 7) is 3.27. The van der Waals surface area contributed by atoms with E-state index < -0.39 is 0 Å². The van der Waals surface area contributed by atoms with E-state index in [1.54, 1.807) is 11.0 Å². The minimum atomic E-state index is -0.0266. The monoisotopic (exact) mass is 341 g/mol. The summed E-state index contributed by atoms with van der Waals surface area (Å²) in [5.74, 6) is 0. The molecule has 0 aliphatic carbocycles. The molecule has 2 amide bonds. The van der Waals surface area contributed by atoms with Gasteiger partial charge < -0.3 is 15.0 Å². The number of ether oxygens (including phenoxy) is 1. The number of hydrogen-bond acceptors (Lipinski definition) is 4. The van der Waals surface area contributed by atoms with Gasteiger partial charge in [0, 0.05) is 32.0 Å². The largest absolute Gasteiger partial charge is 0.381 e. The van der Waals surface area contributed by atoms with Crippen LogP contribution >= 0.6 is 0 Å². The molecule has 1 aromatic carbocycles. The third-order valence-corrected chi connectivity index (χ3v) is 5.28. The number of aromatic nitrogens is 3. The van der Waals surface area contributed by atoms with E-state index in [0.29, 0.717) is 0 Å². The van der Waals surface area contributed by atoms with Crippen molar-refractivity contribution in [3.63, 3.8) is 0 Å². The zero-order chi connectivity index (χ0) is 17.1. The van der Waals surface area contributed by atoms with Crippen LogP contribution in [-0.4, -0.2) is 52.0 Å². The van der Waals surface area contributed by atoms with Crippen molar-refractivity contribution in [1.29, 1.82) is 0 Å². The van der Waals surface area contributed by atoms with Crippen molar-refractivity contribution in [3.05, 3.63) is 36.9 Å². The van der Waals surface area contributed by atoms with Crippen LogP contribution in [0.2, 0.25) is 0 Å². The fourth-order valence-corrected chi connectivity index (χ4v) is 3.86. The van der Waals surface area contributed by atoms with Gasteiger partial charge in [0.25, 0.3) is 0 Å². The normalized spacial score (nSPS) is 19.8.